The molecule has 1 N–H and O–H groups in total. The van der Waals surface area contributed by atoms with E-state index in [2.05, 4.69) is 5.32 Å². The van der Waals surface area contributed by atoms with E-state index in [0.717, 1.165) is 15.4 Å². The predicted molar refractivity (Wildman–Crippen MR) is 122 cm³/mol. The van der Waals surface area contributed by atoms with Crippen LogP contribution in [0.15, 0.2) is 71.6 Å². The molecule has 1 amide bonds. The molecule has 0 aliphatic rings. The smallest absolute Gasteiger partial charge is 0.264 e. The number of nitrogens with one attached hydrogen (secondary N) is 1. The van der Waals surface area contributed by atoms with Crippen LogP contribution in [0.4, 0.5) is 11.4 Å². The molecule has 8 heteroatoms. The molecule has 0 atom stereocenters. The van der Waals surface area contributed by atoms with E-state index < -0.39 is 22.5 Å². The van der Waals surface area contributed by atoms with Crippen molar-refractivity contribution in [3.05, 3.63) is 87.9 Å². The van der Waals surface area contributed by atoms with Crippen LogP contribution in [0.3, 0.4) is 0 Å². The summed E-state index contributed by atoms with van der Waals surface area (Å²) in [5, 5.41) is 3.64. The first-order chi connectivity index (χ1) is 14.2. The molecular formula is C22H20Cl2N2O3S. The second-order valence-corrected chi connectivity index (χ2v) is 9.52. The van der Waals surface area contributed by atoms with Crippen LogP contribution >= 0.6 is 23.2 Å². The lowest BCUT2D eigenvalue weighted by Crippen LogP contribution is -2.38. The minimum Gasteiger partial charge on any atom is -0.324 e. The molecule has 0 saturated heterocycles. The van der Waals surface area contributed by atoms with Gasteiger partial charge >= 0.3 is 0 Å². The zero-order chi connectivity index (χ0) is 21.9. The van der Waals surface area contributed by atoms with Gasteiger partial charge in [-0.25, -0.2) is 8.42 Å². The highest BCUT2D eigenvalue weighted by Crippen LogP contribution is 2.26. The standard InChI is InChI=1S/C22H20Cl2N2O3S/c1-15-4-3-5-19(12-15)26(30(28,29)20-10-7-17(23)8-11-20)14-22(27)25-18-9-6-16(2)21(24)13-18/h3-13H,14H2,1-2H3,(H,25,27). The molecule has 0 fully saturated rings. The molecular weight excluding hydrogens is 443 g/mol. The third-order valence-electron chi connectivity index (χ3n) is 4.43. The fourth-order valence-electron chi connectivity index (χ4n) is 2.83. The Bertz CT molecular complexity index is 1180. The third kappa shape index (κ3) is 5.14. The molecule has 0 spiro atoms. The van der Waals surface area contributed by atoms with E-state index in [0.29, 0.717) is 21.4 Å². The molecule has 3 rings (SSSR count). The highest BCUT2D eigenvalue weighted by molar-refractivity contribution is 7.92. The van der Waals surface area contributed by atoms with Gasteiger partial charge in [-0.3, -0.25) is 9.10 Å². The van der Waals surface area contributed by atoms with E-state index in [1.807, 2.05) is 19.9 Å². The number of hydrogen-bond donors (Lipinski definition) is 1. The molecule has 0 aliphatic carbocycles. The molecule has 5 nitrogen and oxygen atoms in total. The van der Waals surface area contributed by atoms with Gasteiger partial charge in [0, 0.05) is 15.7 Å². The summed E-state index contributed by atoms with van der Waals surface area (Å²) < 4.78 is 27.7. The summed E-state index contributed by atoms with van der Waals surface area (Å²) in [5.74, 6) is -0.492. The van der Waals surface area contributed by atoms with Crippen molar-refractivity contribution in [2.45, 2.75) is 18.7 Å². The van der Waals surface area contributed by atoms with Crippen LogP contribution in [-0.4, -0.2) is 20.9 Å². The molecule has 0 bridgehead atoms. The maximum Gasteiger partial charge on any atom is 0.264 e. The number of nitrogens with zero attached hydrogens (tertiary/aromatic N) is 1. The Labute approximate surface area is 186 Å². The van der Waals surface area contributed by atoms with Crippen molar-refractivity contribution >= 4 is 50.5 Å². The first-order valence-corrected chi connectivity index (χ1v) is 11.3. The normalized spacial score (nSPS) is 11.2. The lowest BCUT2D eigenvalue weighted by atomic mass is 10.2. The van der Waals surface area contributed by atoms with Crippen molar-refractivity contribution in [3.8, 4) is 0 Å². The topological polar surface area (TPSA) is 66.5 Å². The Morgan fingerprint density at radius 2 is 1.67 bits per heavy atom. The van der Waals surface area contributed by atoms with Crippen LogP contribution in [-0.2, 0) is 14.8 Å². The number of amides is 1. The first kappa shape index (κ1) is 22.2. The summed E-state index contributed by atoms with van der Waals surface area (Å²) in [4.78, 5) is 12.8. The lowest BCUT2D eigenvalue weighted by Gasteiger charge is -2.24. The van der Waals surface area contributed by atoms with Crippen molar-refractivity contribution in [1.29, 1.82) is 0 Å². The number of hydrogen-bond acceptors (Lipinski definition) is 3. The number of halogens is 2. The maximum atomic E-state index is 13.3. The lowest BCUT2D eigenvalue weighted by molar-refractivity contribution is -0.114. The van der Waals surface area contributed by atoms with Crippen LogP contribution in [0.2, 0.25) is 10.0 Å². The number of aryl methyl sites for hydroxylation is 2. The number of sulfonamides is 1. The van der Waals surface area contributed by atoms with Gasteiger partial charge in [0.1, 0.15) is 6.54 Å². The Morgan fingerprint density at radius 1 is 0.967 bits per heavy atom. The average molecular weight is 463 g/mol. The highest BCUT2D eigenvalue weighted by atomic mass is 35.5. The Balaban J connectivity index is 1.94. The van der Waals surface area contributed by atoms with Gasteiger partial charge in [0.05, 0.1) is 10.6 Å². The van der Waals surface area contributed by atoms with Gasteiger partial charge in [-0.05, 0) is 73.5 Å². The van der Waals surface area contributed by atoms with Gasteiger partial charge in [-0.1, -0.05) is 41.4 Å². The minimum absolute atomic E-state index is 0.0413. The fraction of sp³-hybridized carbons (Fsp3) is 0.136. The monoisotopic (exact) mass is 462 g/mol. The summed E-state index contributed by atoms with van der Waals surface area (Å²) in [6.07, 6.45) is 0. The number of carbonyl (C=O) groups excluding carboxylic acids is 1. The molecule has 156 valence electrons. The van der Waals surface area contributed by atoms with Gasteiger partial charge in [0.2, 0.25) is 5.91 Å². The molecule has 0 aliphatic heterocycles. The van der Waals surface area contributed by atoms with E-state index in [1.54, 1.807) is 36.4 Å². The van der Waals surface area contributed by atoms with Gasteiger partial charge < -0.3 is 5.32 Å². The van der Waals surface area contributed by atoms with E-state index in [4.69, 9.17) is 23.2 Å². The van der Waals surface area contributed by atoms with Gasteiger partial charge in [-0.15, -0.1) is 0 Å². The third-order valence-corrected chi connectivity index (χ3v) is 6.88. The summed E-state index contributed by atoms with van der Waals surface area (Å²) >= 11 is 12.0. The molecule has 0 radical (unpaired) electrons. The molecule has 0 saturated carbocycles. The molecule has 30 heavy (non-hydrogen) atoms. The van der Waals surface area contributed by atoms with Gasteiger partial charge in [0.25, 0.3) is 10.0 Å². The van der Waals surface area contributed by atoms with E-state index in [1.165, 1.54) is 24.3 Å². The van der Waals surface area contributed by atoms with E-state index in [-0.39, 0.29) is 4.90 Å². The largest absolute Gasteiger partial charge is 0.324 e. The first-order valence-electron chi connectivity index (χ1n) is 9.08. The predicted octanol–water partition coefficient (Wildman–Crippen LogP) is 5.44. The molecule has 0 heterocycles. The van der Waals surface area contributed by atoms with Crippen molar-refractivity contribution in [2.75, 3.05) is 16.2 Å². The number of anilines is 2. The highest BCUT2D eigenvalue weighted by Gasteiger charge is 2.27. The molecule has 3 aromatic rings. The fourth-order valence-corrected chi connectivity index (χ4v) is 4.55. The zero-order valence-electron chi connectivity index (χ0n) is 16.4. The van der Waals surface area contributed by atoms with Crippen LogP contribution in [0.1, 0.15) is 11.1 Å². The van der Waals surface area contributed by atoms with Crippen LogP contribution < -0.4 is 9.62 Å². The second kappa shape index (κ2) is 9.08. The summed E-state index contributed by atoms with van der Waals surface area (Å²) in [6.45, 7) is 3.30. The summed E-state index contributed by atoms with van der Waals surface area (Å²) in [6, 6.07) is 17.9. The summed E-state index contributed by atoms with van der Waals surface area (Å²) in [5.41, 5.74) is 2.63. The van der Waals surface area contributed by atoms with Crippen LogP contribution in [0, 0.1) is 13.8 Å². The van der Waals surface area contributed by atoms with Crippen LogP contribution in [0.5, 0.6) is 0 Å². The maximum absolute atomic E-state index is 13.3. The Hall–Kier alpha value is -2.54. The Morgan fingerprint density at radius 3 is 2.30 bits per heavy atom. The van der Waals surface area contributed by atoms with Crippen molar-refractivity contribution in [2.24, 2.45) is 0 Å². The number of carbonyl (C=O) groups is 1. The minimum atomic E-state index is -4.00. The van der Waals surface area contributed by atoms with Crippen molar-refractivity contribution < 1.29 is 13.2 Å². The van der Waals surface area contributed by atoms with Gasteiger partial charge in [0.15, 0.2) is 0 Å². The zero-order valence-corrected chi connectivity index (χ0v) is 18.7. The van der Waals surface area contributed by atoms with E-state index >= 15 is 0 Å². The van der Waals surface area contributed by atoms with Crippen molar-refractivity contribution in [3.63, 3.8) is 0 Å². The number of rotatable bonds is 6. The average Bonchev–Trinajstić information content (AvgIpc) is 2.69. The molecule has 0 unspecified atom stereocenters. The SMILES string of the molecule is Cc1cccc(N(CC(=O)Nc2ccc(C)c(Cl)c2)S(=O)(=O)c2ccc(Cl)cc2)c1. The van der Waals surface area contributed by atoms with E-state index in [9.17, 15) is 13.2 Å². The second-order valence-electron chi connectivity index (χ2n) is 6.82. The van der Waals surface area contributed by atoms with Gasteiger partial charge in [-0.2, -0.15) is 0 Å². The summed E-state index contributed by atoms with van der Waals surface area (Å²) in [7, 11) is -4.00. The number of benzene rings is 3. The molecule has 0 aromatic heterocycles. The molecule has 3 aromatic carbocycles. The van der Waals surface area contributed by atoms with Crippen molar-refractivity contribution in [1.82, 2.24) is 0 Å². The Kier molecular flexibility index (Phi) is 6.71. The quantitative estimate of drug-likeness (QED) is 0.529. The van der Waals surface area contributed by atoms with Crippen LogP contribution in [0.25, 0.3) is 0 Å².